The molecule has 0 aromatic carbocycles. The van der Waals surface area contributed by atoms with Crippen LogP contribution in [0.4, 0.5) is 0 Å². The maximum atomic E-state index is 4.25. The van der Waals surface area contributed by atoms with Crippen molar-refractivity contribution in [1.82, 2.24) is 20.4 Å². The van der Waals surface area contributed by atoms with Gasteiger partial charge in [-0.2, -0.15) is 16.9 Å². The van der Waals surface area contributed by atoms with Crippen LogP contribution in [0.1, 0.15) is 18.4 Å². The quantitative estimate of drug-likeness (QED) is 0.431. The molecular formula is C13H25N5S. The fourth-order valence-corrected chi connectivity index (χ4v) is 2.17. The zero-order valence-corrected chi connectivity index (χ0v) is 13.0. The number of nitrogens with zero attached hydrogens (tertiary/aromatic N) is 3. The van der Waals surface area contributed by atoms with E-state index in [4.69, 9.17) is 0 Å². The van der Waals surface area contributed by atoms with Gasteiger partial charge in [0.2, 0.25) is 0 Å². The molecule has 0 bridgehead atoms. The summed E-state index contributed by atoms with van der Waals surface area (Å²) in [5.41, 5.74) is 1.19. The van der Waals surface area contributed by atoms with Crippen LogP contribution in [0, 0.1) is 6.92 Å². The molecule has 5 nitrogen and oxygen atoms in total. The number of rotatable bonds is 8. The number of thioether (sulfide) groups is 1. The topological polar surface area (TPSA) is 54.2 Å². The Labute approximate surface area is 120 Å². The minimum Gasteiger partial charge on any atom is -0.356 e. The summed E-state index contributed by atoms with van der Waals surface area (Å²) in [5, 5.41) is 10.9. The molecule has 0 atom stereocenters. The molecule has 0 amide bonds. The molecule has 0 fully saturated rings. The Morgan fingerprint density at radius 2 is 2.16 bits per heavy atom. The van der Waals surface area contributed by atoms with Gasteiger partial charge < -0.3 is 10.6 Å². The summed E-state index contributed by atoms with van der Waals surface area (Å²) in [6.07, 6.45) is 8.49. The van der Waals surface area contributed by atoms with Crippen LogP contribution in [0.15, 0.2) is 17.4 Å². The average Bonchev–Trinajstić information content (AvgIpc) is 2.82. The summed E-state index contributed by atoms with van der Waals surface area (Å²) in [4.78, 5) is 4.20. The Morgan fingerprint density at radius 3 is 2.79 bits per heavy atom. The third-order valence-corrected chi connectivity index (χ3v) is 3.38. The van der Waals surface area contributed by atoms with E-state index in [1.165, 1.54) is 24.2 Å². The molecule has 6 heteroatoms. The van der Waals surface area contributed by atoms with Crippen molar-refractivity contribution in [2.24, 2.45) is 4.99 Å². The summed E-state index contributed by atoms with van der Waals surface area (Å²) in [6, 6.07) is 0. The van der Waals surface area contributed by atoms with Crippen LogP contribution in [0.25, 0.3) is 0 Å². The molecule has 2 N–H and O–H groups in total. The number of aryl methyl sites for hydroxylation is 1. The zero-order chi connectivity index (χ0) is 13.9. The van der Waals surface area contributed by atoms with Crippen molar-refractivity contribution in [3.8, 4) is 0 Å². The van der Waals surface area contributed by atoms with E-state index in [0.29, 0.717) is 0 Å². The van der Waals surface area contributed by atoms with Crippen molar-refractivity contribution in [3.05, 3.63) is 18.0 Å². The van der Waals surface area contributed by atoms with Gasteiger partial charge in [-0.1, -0.05) is 0 Å². The summed E-state index contributed by atoms with van der Waals surface area (Å²) < 4.78 is 1.94. The number of hydrogen-bond acceptors (Lipinski definition) is 3. The van der Waals surface area contributed by atoms with E-state index >= 15 is 0 Å². The first kappa shape index (κ1) is 15.9. The fourth-order valence-electron chi connectivity index (χ4n) is 1.68. The molecule has 1 aromatic rings. The lowest BCUT2D eigenvalue weighted by Gasteiger charge is -2.11. The second-order valence-electron chi connectivity index (χ2n) is 4.41. The summed E-state index contributed by atoms with van der Waals surface area (Å²) in [6.45, 7) is 4.69. The second-order valence-corrected chi connectivity index (χ2v) is 5.39. The SMILES string of the molecule is CN=C(NCCCCSC)NCCn1cc(C)cn1. The van der Waals surface area contributed by atoms with Crippen molar-refractivity contribution < 1.29 is 0 Å². The molecule has 0 saturated carbocycles. The smallest absolute Gasteiger partial charge is 0.191 e. The van der Waals surface area contributed by atoms with E-state index in [-0.39, 0.29) is 0 Å². The summed E-state index contributed by atoms with van der Waals surface area (Å²) >= 11 is 1.90. The molecule has 19 heavy (non-hydrogen) atoms. The van der Waals surface area contributed by atoms with Gasteiger partial charge in [-0.25, -0.2) is 0 Å². The highest BCUT2D eigenvalue weighted by molar-refractivity contribution is 7.98. The number of hydrogen-bond donors (Lipinski definition) is 2. The first-order valence-corrected chi connectivity index (χ1v) is 8.08. The van der Waals surface area contributed by atoms with Crippen molar-refractivity contribution in [2.75, 3.05) is 32.1 Å². The number of aromatic nitrogens is 2. The average molecular weight is 283 g/mol. The maximum Gasteiger partial charge on any atom is 0.191 e. The molecule has 0 aliphatic heterocycles. The van der Waals surface area contributed by atoms with Crippen LogP contribution in [0.3, 0.4) is 0 Å². The van der Waals surface area contributed by atoms with Gasteiger partial charge in [-0.15, -0.1) is 0 Å². The van der Waals surface area contributed by atoms with Crippen molar-refractivity contribution >= 4 is 17.7 Å². The number of aliphatic imine (C=N–C) groups is 1. The lowest BCUT2D eigenvalue weighted by Crippen LogP contribution is -2.39. The third kappa shape index (κ3) is 7.10. The standard InChI is InChI=1S/C13H25N5S/c1-12-10-17-18(11-12)8-7-16-13(14-2)15-6-4-5-9-19-3/h10-11H,4-9H2,1-3H3,(H2,14,15,16). The van der Waals surface area contributed by atoms with Gasteiger partial charge in [-0.05, 0) is 37.3 Å². The first-order chi connectivity index (χ1) is 9.26. The molecule has 0 spiro atoms. The fraction of sp³-hybridized carbons (Fsp3) is 0.692. The van der Waals surface area contributed by atoms with Crippen LogP contribution in [0.5, 0.6) is 0 Å². The zero-order valence-electron chi connectivity index (χ0n) is 12.1. The predicted molar refractivity (Wildman–Crippen MR) is 83.9 cm³/mol. The molecule has 1 rings (SSSR count). The minimum absolute atomic E-state index is 0.825. The number of guanidine groups is 1. The van der Waals surface area contributed by atoms with E-state index in [2.05, 4.69) is 27.0 Å². The van der Waals surface area contributed by atoms with Crippen LogP contribution in [-0.2, 0) is 6.54 Å². The van der Waals surface area contributed by atoms with Crippen LogP contribution < -0.4 is 10.6 Å². The highest BCUT2D eigenvalue weighted by Gasteiger charge is 1.98. The highest BCUT2D eigenvalue weighted by atomic mass is 32.2. The Morgan fingerprint density at radius 1 is 1.37 bits per heavy atom. The van der Waals surface area contributed by atoms with Gasteiger partial charge in [-0.3, -0.25) is 9.67 Å². The van der Waals surface area contributed by atoms with E-state index < -0.39 is 0 Å². The molecule has 108 valence electrons. The normalized spacial score (nSPS) is 11.6. The predicted octanol–water partition coefficient (Wildman–Crippen LogP) is 1.50. The van der Waals surface area contributed by atoms with Gasteiger partial charge in [0, 0.05) is 26.3 Å². The van der Waals surface area contributed by atoms with Crippen LogP contribution in [-0.4, -0.2) is 47.9 Å². The van der Waals surface area contributed by atoms with Crippen LogP contribution in [0.2, 0.25) is 0 Å². The molecule has 0 aliphatic carbocycles. The number of nitrogens with one attached hydrogen (secondary N) is 2. The second kappa shape index (κ2) is 9.72. The van der Waals surface area contributed by atoms with Crippen LogP contribution >= 0.6 is 11.8 Å². The van der Waals surface area contributed by atoms with Crippen molar-refractivity contribution in [3.63, 3.8) is 0 Å². The summed E-state index contributed by atoms with van der Waals surface area (Å²) in [7, 11) is 1.80. The molecule has 1 aromatic heterocycles. The molecular weight excluding hydrogens is 258 g/mol. The molecule has 0 unspecified atom stereocenters. The van der Waals surface area contributed by atoms with Crippen molar-refractivity contribution in [2.45, 2.75) is 26.3 Å². The van der Waals surface area contributed by atoms with Gasteiger partial charge in [0.25, 0.3) is 0 Å². The highest BCUT2D eigenvalue weighted by Crippen LogP contribution is 1.97. The Bertz CT molecular complexity index is 375. The number of unbranched alkanes of at least 4 members (excludes halogenated alkanes) is 1. The molecule has 0 saturated heterocycles. The Kier molecular flexibility index (Phi) is 8.13. The lowest BCUT2D eigenvalue weighted by atomic mass is 10.3. The van der Waals surface area contributed by atoms with Gasteiger partial charge in [0.05, 0.1) is 12.7 Å². The lowest BCUT2D eigenvalue weighted by molar-refractivity contribution is 0.596. The first-order valence-electron chi connectivity index (χ1n) is 6.68. The monoisotopic (exact) mass is 283 g/mol. The summed E-state index contributed by atoms with van der Waals surface area (Å²) in [5.74, 6) is 2.10. The van der Waals surface area contributed by atoms with Gasteiger partial charge in [0.15, 0.2) is 5.96 Å². The molecule has 0 radical (unpaired) electrons. The third-order valence-electron chi connectivity index (χ3n) is 2.69. The Balaban J connectivity index is 2.11. The van der Waals surface area contributed by atoms with E-state index in [1.54, 1.807) is 7.05 Å². The van der Waals surface area contributed by atoms with E-state index in [9.17, 15) is 0 Å². The van der Waals surface area contributed by atoms with Crippen molar-refractivity contribution in [1.29, 1.82) is 0 Å². The molecule has 1 heterocycles. The van der Waals surface area contributed by atoms with E-state index in [1.807, 2.05) is 35.8 Å². The minimum atomic E-state index is 0.825. The van der Waals surface area contributed by atoms with Gasteiger partial charge >= 0.3 is 0 Å². The maximum absolute atomic E-state index is 4.25. The van der Waals surface area contributed by atoms with Gasteiger partial charge in [0.1, 0.15) is 0 Å². The largest absolute Gasteiger partial charge is 0.356 e. The Hall–Kier alpha value is -1.17. The van der Waals surface area contributed by atoms with E-state index in [0.717, 1.165) is 25.6 Å². The molecule has 0 aliphatic rings.